The molecule has 0 spiro atoms. The van der Waals surface area contributed by atoms with Gasteiger partial charge in [0.25, 0.3) is 0 Å². The summed E-state index contributed by atoms with van der Waals surface area (Å²) in [6.07, 6.45) is -0.649. The molecule has 2 aliphatic heterocycles. The van der Waals surface area contributed by atoms with E-state index in [1.165, 1.54) is 14.2 Å². The predicted octanol–water partition coefficient (Wildman–Crippen LogP) is 2.64. The normalized spacial score (nSPS) is 20.5. The second-order valence-corrected chi connectivity index (χ2v) is 6.97. The Morgan fingerprint density at radius 1 is 1.13 bits per heavy atom. The summed E-state index contributed by atoms with van der Waals surface area (Å²) in [6.45, 7) is 0.399. The van der Waals surface area contributed by atoms with Crippen LogP contribution in [0.25, 0.3) is 0 Å². The van der Waals surface area contributed by atoms with E-state index in [4.69, 9.17) is 28.4 Å². The summed E-state index contributed by atoms with van der Waals surface area (Å²) in [7, 11) is 2.77. The van der Waals surface area contributed by atoms with E-state index in [2.05, 4.69) is 0 Å². The van der Waals surface area contributed by atoms with Crippen LogP contribution in [0.1, 0.15) is 17.2 Å². The highest BCUT2D eigenvalue weighted by atomic mass is 16.7. The van der Waals surface area contributed by atoms with E-state index in [1.54, 1.807) is 12.1 Å². The maximum absolute atomic E-state index is 12.3. The van der Waals surface area contributed by atoms with Crippen LogP contribution in [-0.2, 0) is 30.4 Å². The molecule has 2 aromatic rings. The van der Waals surface area contributed by atoms with Gasteiger partial charge in [-0.2, -0.15) is 0 Å². The monoisotopic (exact) mass is 414 g/mol. The lowest BCUT2D eigenvalue weighted by molar-refractivity contribution is -0.156. The van der Waals surface area contributed by atoms with Crippen molar-refractivity contribution in [1.29, 1.82) is 0 Å². The van der Waals surface area contributed by atoms with E-state index in [1.807, 2.05) is 30.3 Å². The summed E-state index contributed by atoms with van der Waals surface area (Å²) in [5.74, 6) is -1.42. The molecule has 4 rings (SSSR count). The first-order chi connectivity index (χ1) is 14.6. The van der Waals surface area contributed by atoms with Gasteiger partial charge in [-0.05, 0) is 23.3 Å². The Kier molecular flexibility index (Phi) is 5.76. The van der Waals surface area contributed by atoms with Crippen molar-refractivity contribution in [1.82, 2.24) is 0 Å². The van der Waals surface area contributed by atoms with Crippen molar-refractivity contribution in [2.45, 2.75) is 12.7 Å². The molecule has 1 fully saturated rings. The van der Waals surface area contributed by atoms with Gasteiger partial charge in [0.05, 0.1) is 33.5 Å². The number of carbonyl (C=O) groups excluding carboxylic acids is 2. The highest BCUT2D eigenvalue weighted by Crippen LogP contribution is 2.46. The largest absolute Gasteiger partial charge is 0.493 e. The summed E-state index contributed by atoms with van der Waals surface area (Å²) in [5.41, 5.74) is 1.64. The molecule has 2 aromatic carbocycles. The molecule has 0 amide bonds. The SMILES string of the molecule is COC(=O)[C@H]1C(=O)OC[C@@H]1[C@@H](OCc1ccccc1)c1cc(OC)c2c(c1)OCO2. The molecule has 0 N–H and O–H groups in total. The molecular formula is C22H22O8. The molecule has 1 saturated heterocycles. The molecular weight excluding hydrogens is 392 g/mol. The van der Waals surface area contributed by atoms with Crippen LogP contribution in [0.15, 0.2) is 42.5 Å². The quantitative estimate of drug-likeness (QED) is 0.505. The van der Waals surface area contributed by atoms with Crippen LogP contribution in [-0.4, -0.2) is 39.6 Å². The van der Waals surface area contributed by atoms with Crippen molar-refractivity contribution in [3.63, 3.8) is 0 Å². The van der Waals surface area contributed by atoms with Crippen molar-refractivity contribution >= 4 is 11.9 Å². The van der Waals surface area contributed by atoms with E-state index in [0.29, 0.717) is 22.8 Å². The summed E-state index contributed by atoms with van der Waals surface area (Å²) in [5, 5.41) is 0. The van der Waals surface area contributed by atoms with Crippen LogP contribution in [0.4, 0.5) is 0 Å². The number of carbonyl (C=O) groups is 2. The molecule has 8 heteroatoms. The molecule has 2 heterocycles. The van der Waals surface area contributed by atoms with Gasteiger partial charge in [-0.25, -0.2) is 0 Å². The summed E-state index contributed by atoms with van der Waals surface area (Å²) in [4.78, 5) is 24.6. The fourth-order valence-corrected chi connectivity index (χ4v) is 3.74. The standard InChI is InChI=1S/C22H22O8/c1-25-16-8-14(9-17-20(16)30-12-29-17)19(27-10-13-6-4-3-5-7-13)15-11-28-22(24)18(15)21(23)26-2/h3-9,15,18-19H,10-12H2,1-2H3/t15-,18-,19-/m0/s1. The van der Waals surface area contributed by atoms with Crippen LogP contribution in [0.3, 0.4) is 0 Å². The molecule has 158 valence electrons. The van der Waals surface area contributed by atoms with Crippen LogP contribution in [0.5, 0.6) is 17.2 Å². The Labute approximate surface area is 173 Å². The molecule has 2 aliphatic rings. The fourth-order valence-electron chi connectivity index (χ4n) is 3.74. The van der Waals surface area contributed by atoms with E-state index in [0.717, 1.165) is 5.56 Å². The fraction of sp³-hybridized carbons (Fsp3) is 0.364. The smallest absolute Gasteiger partial charge is 0.320 e. The summed E-state index contributed by atoms with van der Waals surface area (Å²) >= 11 is 0. The summed E-state index contributed by atoms with van der Waals surface area (Å²) < 4.78 is 32.7. The first-order valence-electron chi connectivity index (χ1n) is 9.50. The molecule has 0 bridgehead atoms. The van der Waals surface area contributed by atoms with Crippen LogP contribution in [0.2, 0.25) is 0 Å². The average Bonchev–Trinajstić information content (AvgIpc) is 3.40. The number of benzene rings is 2. The third-order valence-electron chi connectivity index (χ3n) is 5.23. The van der Waals surface area contributed by atoms with Gasteiger partial charge in [0.1, 0.15) is 0 Å². The van der Waals surface area contributed by atoms with Crippen LogP contribution in [0, 0.1) is 11.8 Å². The molecule has 0 saturated carbocycles. The summed E-state index contributed by atoms with van der Waals surface area (Å²) in [6, 6.07) is 13.2. The van der Waals surface area contributed by atoms with Crippen molar-refractivity contribution in [3.05, 3.63) is 53.6 Å². The van der Waals surface area contributed by atoms with E-state index in [-0.39, 0.29) is 20.0 Å². The first-order valence-corrected chi connectivity index (χ1v) is 9.50. The molecule has 30 heavy (non-hydrogen) atoms. The second kappa shape index (κ2) is 8.62. The Balaban J connectivity index is 1.70. The number of hydrogen-bond donors (Lipinski definition) is 0. The average molecular weight is 414 g/mol. The van der Waals surface area contributed by atoms with Crippen LogP contribution < -0.4 is 14.2 Å². The molecule has 0 radical (unpaired) electrons. The zero-order valence-electron chi connectivity index (χ0n) is 16.7. The van der Waals surface area contributed by atoms with Crippen molar-refractivity contribution < 1.29 is 38.0 Å². The highest BCUT2D eigenvalue weighted by Gasteiger charge is 2.48. The van der Waals surface area contributed by atoms with Gasteiger partial charge in [-0.3, -0.25) is 9.59 Å². The van der Waals surface area contributed by atoms with Crippen molar-refractivity contribution in [3.8, 4) is 17.2 Å². The molecule has 8 nitrogen and oxygen atoms in total. The third kappa shape index (κ3) is 3.78. The molecule has 0 aliphatic carbocycles. The van der Waals surface area contributed by atoms with Gasteiger partial charge in [-0.1, -0.05) is 30.3 Å². The Bertz CT molecular complexity index is 926. The zero-order valence-corrected chi connectivity index (χ0v) is 16.7. The van der Waals surface area contributed by atoms with Gasteiger partial charge in [-0.15, -0.1) is 0 Å². The lowest BCUT2D eigenvalue weighted by Gasteiger charge is -2.26. The molecule has 0 aromatic heterocycles. The second-order valence-electron chi connectivity index (χ2n) is 6.97. The Morgan fingerprint density at radius 3 is 2.67 bits per heavy atom. The predicted molar refractivity (Wildman–Crippen MR) is 103 cm³/mol. The van der Waals surface area contributed by atoms with E-state index < -0.39 is 29.9 Å². The van der Waals surface area contributed by atoms with E-state index >= 15 is 0 Å². The number of cyclic esters (lactones) is 1. The zero-order chi connectivity index (χ0) is 21.1. The van der Waals surface area contributed by atoms with Gasteiger partial charge < -0.3 is 28.4 Å². The minimum Gasteiger partial charge on any atom is -0.493 e. The Hall–Kier alpha value is -3.26. The lowest BCUT2D eigenvalue weighted by atomic mass is 9.86. The maximum Gasteiger partial charge on any atom is 0.320 e. The lowest BCUT2D eigenvalue weighted by Crippen LogP contribution is -2.31. The highest BCUT2D eigenvalue weighted by molar-refractivity contribution is 5.96. The number of hydrogen-bond acceptors (Lipinski definition) is 8. The van der Waals surface area contributed by atoms with Gasteiger partial charge in [0, 0.05) is 5.92 Å². The maximum atomic E-state index is 12.3. The van der Waals surface area contributed by atoms with Gasteiger partial charge in [0.2, 0.25) is 12.5 Å². The van der Waals surface area contributed by atoms with Gasteiger partial charge >= 0.3 is 11.9 Å². The van der Waals surface area contributed by atoms with Gasteiger partial charge in [0.15, 0.2) is 17.4 Å². The Morgan fingerprint density at radius 2 is 1.93 bits per heavy atom. The molecule has 3 atom stereocenters. The topological polar surface area (TPSA) is 89.5 Å². The number of methoxy groups -OCH3 is 2. The van der Waals surface area contributed by atoms with Crippen molar-refractivity contribution in [2.75, 3.05) is 27.6 Å². The van der Waals surface area contributed by atoms with Crippen LogP contribution >= 0.6 is 0 Å². The van der Waals surface area contributed by atoms with E-state index in [9.17, 15) is 9.59 Å². The minimum absolute atomic E-state index is 0.0365. The third-order valence-corrected chi connectivity index (χ3v) is 5.23. The number of ether oxygens (including phenoxy) is 6. The minimum atomic E-state index is -1.08. The molecule has 0 unspecified atom stereocenters. The number of fused-ring (bicyclic) bond motifs is 1. The number of esters is 2. The number of rotatable bonds is 7. The first kappa shape index (κ1) is 20.0. The van der Waals surface area contributed by atoms with Crippen molar-refractivity contribution in [2.24, 2.45) is 11.8 Å².